The summed E-state index contributed by atoms with van der Waals surface area (Å²) in [5.74, 6) is 0.603. The topological polar surface area (TPSA) is 102 Å². The van der Waals surface area contributed by atoms with Crippen molar-refractivity contribution >= 4 is 39.4 Å². The third-order valence-corrected chi connectivity index (χ3v) is 8.74. The molecule has 34 heavy (non-hydrogen) atoms. The molecule has 4 rings (SSSR count). The van der Waals surface area contributed by atoms with Crippen molar-refractivity contribution < 1.29 is 22.5 Å². The number of piperidine rings is 1. The second kappa shape index (κ2) is 10.5. The number of aromatic nitrogens is 1. The van der Waals surface area contributed by atoms with Crippen molar-refractivity contribution in [2.45, 2.75) is 31.2 Å². The molecule has 8 nitrogen and oxygen atoms in total. The highest BCUT2D eigenvalue weighted by Crippen LogP contribution is 2.29. The van der Waals surface area contributed by atoms with Gasteiger partial charge in [0.2, 0.25) is 15.9 Å². The van der Waals surface area contributed by atoms with E-state index in [4.69, 9.17) is 9.26 Å². The molecule has 0 spiro atoms. The van der Waals surface area contributed by atoms with Crippen LogP contribution < -0.4 is 10.1 Å². The van der Waals surface area contributed by atoms with Crippen LogP contribution in [-0.4, -0.2) is 44.0 Å². The van der Waals surface area contributed by atoms with Crippen LogP contribution in [0.1, 0.15) is 34.7 Å². The van der Waals surface area contributed by atoms with Gasteiger partial charge in [-0.3, -0.25) is 4.79 Å². The van der Waals surface area contributed by atoms with Crippen LogP contribution in [-0.2, 0) is 21.4 Å². The van der Waals surface area contributed by atoms with E-state index in [2.05, 4.69) is 10.5 Å². The Kier molecular flexibility index (Phi) is 7.50. The van der Waals surface area contributed by atoms with Gasteiger partial charge in [-0.25, -0.2) is 8.42 Å². The lowest BCUT2D eigenvalue weighted by atomic mass is 9.97. The number of para-hydroxylation sites is 1. The minimum absolute atomic E-state index is 0.0799. The van der Waals surface area contributed by atoms with Gasteiger partial charge in [0.05, 0.1) is 7.11 Å². The van der Waals surface area contributed by atoms with Crippen LogP contribution in [0.3, 0.4) is 0 Å². The number of hydrogen-bond acceptors (Lipinski definition) is 7. The number of benzene rings is 1. The molecule has 2 aromatic heterocycles. The quantitative estimate of drug-likeness (QED) is 0.502. The van der Waals surface area contributed by atoms with Crippen LogP contribution >= 0.6 is 11.3 Å². The molecule has 1 aromatic carbocycles. The van der Waals surface area contributed by atoms with Gasteiger partial charge >= 0.3 is 0 Å². The number of amides is 1. The third kappa shape index (κ3) is 5.24. The molecule has 0 radical (unpaired) electrons. The van der Waals surface area contributed by atoms with Gasteiger partial charge < -0.3 is 14.6 Å². The Hall–Kier alpha value is -2.95. The second-order valence-corrected chi connectivity index (χ2v) is 10.9. The summed E-state index contributed by atoms with van der Waals surface area (Å²) in [4.78, 5) is 13.8. The largest absolute Gasteiger partial charge is 0.496 e. The zero-order valence-corrected chi connectivity index (χ0v) is 20.7. The number of rotatable bonds is 8. The van der Waals surface area contributed by atoms with Crippen LogP contribution in [0, 0.1) is 12.8 Å². The Balaban J connectivity index is 1.39. The zero-order chi connectivity index (χ0) is 24.1. The first-order chi connectivity index (χ1) is 16.4. The number of sulfonamides is 1. The van der Waals surface area contributed by atoms with Gasteiger partial charge in [0, 0.05) is 36.0 Å². The summed E-state index contributed by atoms with van der Waals surface area (Å²) >= 11 is 1.54. The van der Waals surface area contributed by atoms with Crippen LogP contribution in [0.4, 0.5) is 0 Å². The summed E-state index contributed by atoms with van der Waals surface area (Å²) in [5.41, 5.74) is 1.21. The first-order valence-electron chi connectivity index (χ1n) is 11.0. The lowest BCUT2D eigenvalue weighted by Crippen LogP contribution is -2.43. The van der Waals surface area contributed by atoms with Gasteiger partial charge in [0.25, 0.3) is 0 Å². The Morgan fingerprint density at radius 3 is 2.71 bits per heavy atom. The Morgan fingerprint density at radius 2 is 2.00 bits per heavy atom. The van der Waals surface area contributed by atoms with Gasteiger partial charge in [-0.2, -0.15) is 4.31 Å². The van der Waals surface area contributed by atoms with Gasteiger partial charge in [0.15, 0.2) is 10.7 Å². The smallest absolute Gasteiger partial charge is 0.248 e. The van der Waals surface area contributed by atoms with E-state index in [9.17, 15) is 13.2 Å². The number of ether oxygens (including phenoxy) is 1. The monoisotopic (exact) mass is 501 g/mol. The normalized spacial score (nSPS) is 15.6. The summed E-state index contributed by atoms with van der Waals surface area (Å²) in [5, 5.41) is 8.78. The number of hydrogen-bond donors (Lipinski definition) is 1. The molecular formula is C24H27N3O5S2. The first-order valence-corrected chi connectivity index (χ1v) is 13.3. The molecule has 1 amide bonds. The van der Waals surface area contributed by atoms with Crippen molar-refractivity contribution in [1.82, 2.24) is 14.8 Å². The van der Waals surface area contributed by atoms with Crippen LogP contribution in [0.25, 0.3) is 12.2 Å². The predicted molar refractivity (Wildman–Crippen MR) is 131 cm³/mol. The maximum Gasteiger partial charge on any atom is 0.248 e. The minimum Gasteiger partial charge on any atom is -0.496 e. The molecule has 0 saturated carbocycles. The number of methoxy groups -OCH3 is 1. The second-order valence-electron chi connectivity index (χ2n) is 8.02. The molecule has 10 heteroatoms. The van der Waals surface area contributed by atoms with E-state index in [1.54, 1.807) is 31.4 Å². The Labute approximate surface area is 203 Å². The summed E-state index contributed by atoms with van der Waals surface area (Å²) < 4.78 is 38.8. The Morgan fingerprint density at radius 1 is 1.24 bits per heavy atom. The van der Waals surface area contributed by atoms with Crippen LogP contribution in [0.5, 0.6) is 5.75 Å². The van der Waals surface area contributed by atoms with Gasteiger partial charge in [-0.15, -0.1) is 11.3 Å². The number of nitrogens with one attached hydrogen (secondary N) is 1. The molecule has 1 N–H and O–H groups in total. The molecule has 180 valence electrons. The lowest BCUT2D eigenvalue weighted by Gasteiger charge is -2.30. The number of aryl methyl sites for hydroxylation is 1. The lowest BCUT2D eigenvalue weighted by molar-refractivity contribution is -0.126. The number of thiophene rings is 1. The fraction of sp³-hybridized carbons (Fsp3) is 0.333. The zero-order valence-electron chi connectivity index (χ0n) is 19.1. The average molecular weight is 502 g/mol. The van der Waals surface area contributed by atoms with Crippen molar-refractivity contribution in [2.75, 3.05) is 20.2 Å². The SMILES string of the molecule is COc1ccccc1CNC(=O)C1CCN(S(=O)(=O)c2c(C)noc2C=Cc2cccs2)CC1. The fourth-order valence-electron chi connectivity index (χ4n) is 4.01. The Bertz CT molecular complexity index is 1260. The predicted octanol–water partition coefficient (Wildman–Crippen LogP) is 3.94. The van der Waals surface area contributed by atoms with Gasteiger partial charge in [-0.1, -0.05) is 29.4 Å². The highest BCUT2D eigenvalue weighted by atomic mass is 32.2. The summed E-state index contributed by atoms with van der Waals surface area (Å²) in [6.45, 7) is 2.50. The third-order valence-electron chi connectivity index (χ3n) is 5.84. The molecule has 0 bridgehead atoms. The maximum atomic E-state index is 13.4. The van der Waals surface area contributed by atoms with Crippen molar-refractivity contribution in [1.29, 1.82) is 0 Å². The van der Waals surface area contributed by atoms with E-state index >= 15 is 0 Å². The summed E-state index contributed by atoms with van der Waals surface area (Å²) in [6, 6.07) is 11.4. The number of nitrogens with zero attached hydrogens (tertiary/aromatic N) is 2. The molecule has 1 aliphatic rings. The van der Waals surface area contributed by atoms with Crippen molar-refractivity contribution in [3.63, 3.8) is 0 Å². The summed E-state index contributed by atoms with van der Waals surface area (Å²) in [7, 11) is -2.21. The number of carbonyl (C=O) groups excluding carboxylic acids is 1. The van der Waals surface area contributed by atoms with Gasteiger partial charge in [0.1, 0.15) is 11.4 Å². The molecule has 3 heterocycles. The summed E-state index contributed by atoms with van der Waals surface area (Å²) in [6.07, 6.45) is 4.34. The fourth-order valence-corrected chi connectivity index (χ4v) is 6.34. The van der Waals surface area contributed by atoms with E-state index in [-0.39, 0.29) is 35.6 Å². The van der Waals surface area contributed by atoms with Crippen LogP contribution in [0.15, 0.2) is 51.2 Å². The van der Waals surface area contributed by atoms with E-state index < -0.39 is 10.0 Å². The molecule has 1 fully saturated rings. The van der Waals surface area contributed by atoms with E-state index in [0.717, 1.165) is 16.2 Å². The maximum absolute atomic E-state index is 13.4. The minimum atomic E-state index is -3.80. The first kappa shape index (κ1) is 24.2. The van der Waals surface area contributed by atoms with Crippen LogP contribution in [0.2, 0.25) is 0 Å². The van der Waals surface area contributed by atoms with Crippen molar-refractivity contribution in [3.8, 4) is 5.75 Å². The highest BCUT2D eigenvalue weighted by Gasteiger charge is 2.35. The molecule has 0 aliphatic carbocycles. The standard InChI is InChI=1S/C24H27N3O5S2/c1-17-23(22(32-26-17)10-9-20-7-5-15-33-20)34(29,30)27-13-11-18(12-14-27)24(28)25-16-19-6-3-4-8-21(19)31-2/h3-10,15,18H,11-14,16H2,1-2H3,(H,25,28). The van der Waals surface area contributed by atoms with Gasteiger partial charge in [-0.05, 0) is 49.4 Å². The molecule has 3 aromatic rings. The average Bonchev–Trinajstić information content (AvgIpc) is 3.51. The molecule has 1 saturated heterocycles. The van der Waals surface area contributed by atoms with E-state index in [1.807, 2.05) is 47.9 Å². The molecule has 0 atom stereocenters. The highest BCUT2D eigenvalue weighted by molar-refractivity contribution is 7.89. The van der Waals surface area contributed by atoms with Crippen molar-refractivity contribution in [3.05, 3.63) is 63.7 Å². The molecular weight excluding hydrogens is 474 g/mol. The molecule has 0 unspecified atom stereocenters. The van der Waals surface area contributed by atoms with E-state index in [1.165, 1.54) is 4.31 Å². The van der Waals surface area contributed by atoms with E-state index in [0.29, 0.717) is 25.1 Å². The molecule has 1 aliphatic heterocycles. The van der Waals surface area contributed by atoms with Crippen molar-refractivity contribution in [2.24, 2.45) is 5.92 Å². The number of carbonyl (C=O) groups is 1.